The molecule has 1 N–H and O–H groups in total. The lowest BCUT2D eigenvalue weighted by atomic mass is 10.3. The van der Waals surface area contributed by atoms with E-state index in [9.17, 15) is 0 Å². The molecule has 0 spiro atoms. The highest BCUT2D eigenvalue weighted by atomic mass is 15.3. The fraction of sp³-hybridized carbons (Fsp3) is 0.500. The Bertz CT molecular complexity index is 483. The molecule has 5 heteroatoms. The third-order valence-electron chi connectivity index (χ3n) is 2.94. The van der Waals surface area contributed by atoms with Crippen molar-refractivity contribution in [3.05, 3.63) is 29.8 Å². The molecule has 92 valence electrons. The third kappa shape index (κ3) is 2.49. The van der Waals surface area contributed by atoms with Crippen LogP contribution in [0.1, 0.15) is 24.7 Å². The molecule has 0 radical (unpaired) electrons. The standard InChI is InChI=1S/C12H19N5/c1-4-7-17-11(5-6-14-17)8-13-12-9-15-16(3)10(12)2/h5-6,9,13H,4,7-8H2,1-3H3. The summed E-state index contributed by atoms with van der Waals surface area (Å²) in [6.45, 7) is 5.96. The number of nitrogens with zero attached hydrogens (tertiary/aromatic N) is 4. The van der Waals surface area contributed by atoms with E-state index in [0.29, 0.717) is 0 Å². The summed E-state index contributed by atoms with van der Waals surface area (Å²) < 4.78 is 3.91. The van der Waals surface area contributed by atoms with Crippen molar-refractivity contribution in [3.8, 4) is 0 Å². The van der Waals surface area contributed by atoms with Gasteiger partial charge in [0.05, 0.1) is 29.8 Å². The maximum absolute atomic E-state index is 4.30. The van der Waals surface area contributed by atoms with E-state index in [0.717, 1.165) is 30.9 Å². The minimum atomic E-state index is 0.784. The summed E-state index contributed by atoms with van der Waals surface area (Å²) in [4.78, 5) is 0. The Morgan fingerprint density at radius 3 is 2.82 bits per heavy atom. The van der Waals surface area contributed by atoms with Crippen LogP contribution in [0.5, 0.6) is 0 Å². The number of aromatic nitrogens is 4. The highest BCUT2D eigenvalue weighted by molar-refractivity contribution is 5.45. The number of aryl methyl sites for hydroxylation is 2. The Morgan fingerprint density at radius 1 is 1.35 bits per heavy atom. The van der Waals surface area contributed by atoms with E-state index in [1.807, 2.05) is 34.9 Å². The highest BCUT2D eigenvalue weighted by Gasteiger charge is 2.05. The summed E-state index contributed by atoms with van der Waals surface area (Å²) in [6, 6.07) is 2.05. The van der Waals surface area contributed by atoms with Crippen molar-refractivity contribution in [2.24, 2.45) is 7.05 Å². The SMILES string of the molecule is CCCn1nccc1CNc1cnn(C)c1C. The molecule has 2 rings (SSSR count). The average molecular weight is 233 g/mol. The summed E-state index contributed by atoms with van der Waals surface area (Å²) in [6.07, 6.45) is 4.80. The number of nitrogens with one attached hydrogen (secondary N) is 1. The Morgan fingerprint density at radius 2 is 2.18 bits per heavy atom. The fourth-order valence-electron chi connectivity index (χ4n) is 1.78. The van der Waals surface area contributed by atoms with Crippen LogP contribution < -0.4 is 5.32 Å². The van der Waals surface area contributed by atoms with Crippen molar-refractivity contribution in [2.75, 3.05) is 5.32 Å². The van der Waals surface area contributed by atoms with E-state index < -0.39 is 0 Å². The van der Waals surface area contributed by atoms with E-state index in [2.05, 4.69) is 29.4 Å². The van der Waals surface area contributed by atoms with Crippen LogP contribution in [0.2, 0.25) is 0 Å². The first-order chi connectivity index (χ1) is 8.22. The molecule has 0 aliphatic heterocycles. The second kappa shape index (κ2) is 5.03. The van der Waals surface area contributed by atoms with Crippen LogP contribution in [0.25, 0.3) is 0 Å². The Labute approximate surface area is 101 Å². The van der Waals surface area contributed by atoms with E-state index >= 15 is 0 Å². The molecule has 0 fully saturated rings. The molecule has 0 saturated carbocycles. The van der Waals surface area contributed by atoms with E-state index in [1.54, 1.807) is 0 Å². The van der Waals surface area contributed by atoms with Gasteiger partial charge in [0, 0.05) is 19.8 Å². The largest absolute Gasteiger partial charge is 0.377 e. The van der Waals surface area contributed by atoms with Crippen LogP contribution in [-0.2, 0) is 20.1 Å². The zero-order chi connectivity index (χ0) is 12.3. The maximum atomic E-state index is 4.30. The number of rotatable bonds is 5. The summed E-state index contributed by atoms with van der Waals surface area (Å²) in [5.41, 5.74) is 3.43. The Balaban J connectivity index is 2.02. The smallest absolute Gasteiger partial charge is 0.0759 e. The van der Waals surface area contributed by atoms with Crippen molar-refractivity contribution < 1.29 is 0 Å². The molecule has 0 aromatic carbocycles. The number of anilines is 1. The van der Waals surface area contributed by atoms with Gasteiger partial charge in [-0.15, -0.1) is 0 Å². The van der Waals surface area contributed by atoms with Crippen molar-refractivity contribution in [1.82, 2.24) is 19.6 Å². The molecule has 0 saturated heterocycles. The van der Waals surface area contributed by atoms with Gasteiger partial charge >= 0.3 is 0 Å². The normalized spacial score (nSPS) is 10.8. The van der Waals surface area contributed by atoms with Crippen LogP contribution >= 0.6 is 0 Å². The third-order valence-corrected chi connectivity index (χ3v) is 2.94. The first-order valence-corrected chi connectivity index (χ1v) is 5.95. The van der Waals surface area contributed by atoms with Gasteiger partial charge in [-0.1, -0.05) is 6.92 Å². The van der Waals surface area contributed by atoms with Crippen LogP contribution in [0.3, 0.4) is 0 Å². The molecule has 0 aliphatic carbocycles. The Hall–Kier alpha value is -1.78. The molecule has 0 unspecified atom stereocenters. The molecule has 0 amide bonds. The first-order valence-electron chi connectivity index (χ1n) is 5.95. The fourth-order valence-corrected chi connectivity index (χ4v) is 1.78. The second-order valence-electron chi connectivity index (χ2n) is 4.17. The summed E-state index contributed by atoms with van der Waals surface area (Å²) in [7, 11) is 1.95. The zero-order valence-corrected chi connectivity index (χ0v) is 10.6. The highest BCUT2D eigenvalue weighted by Crippen LogP contribution is 2.13. The maximum Gasteiger partial charge on any atom is 0.0759 e. The van der Waals surface area contributed by atoms with Gasteiger partial charge in [0.1, 0.15) is 0 Å². The molecule has 0 bridgehead atoms. The molecule has 5 nitrogen and oxygen atoms in total. The molecule has 17 heavy (non-hydrogen) atoms. The van der Waals surface area contributed by atoms with Gasteiger partial charge in [-0.3, -0.25) is 9.36 Å². The molecule has 0 atom stereocenters. The van der Waals surface area contributed by atoms with Gasteiger partial charge in [-0.05, 0) is 19.4 Å². The molecule has 2 heterocycles. The van der Waals surface area contributed by atoms with Crippen LogP contribution in [0, 0.1) is 6.92 Å². The second-order valence-corrected chi connectivity index (χ2v) is 4.17. The Kier molecular flexibility index (Phi) is 3.46. The van der Waals surface area contributed by atoms with Crippen LogP contribution in [0.4, 0.5) is 5.69 Å². The topological polar surface area (TPSA) is 47.7 Å². The summed E-state index contributed by atoms with van der Waals surface area (Å²) >= 11 is 0. The zero-order valence-electron chi connectivity index (χ0n) is 10.6. The van der Waals surface area contributed by atoms with Crippen LogP contribution in [0.15, 0.2) is 18.5 Å². The van der Waals surface area contributed by atoms with Gasteiger partial charge in [-0.25, -0.2) is 0 Å². The van der Waals surface area contributed by atoms with Gasteiger partial charge in [0.15, 0.2) is 0 Å². The first kappa shape index (κ1) is 11.7. The predicted molar refractivity (Wildman–Crippen MR) is 67.8 cm³/mol. The lowest BCUT2D eigenvalue weighted by Gasteiger charge is -2.08. The monoisotopic (exact) mass is 233 g/mol. The van der Waals surface area contributed by atoms with Crippen molar-refractivity contribution in [2.45, 2.75) is 33.4 Å². The van der Waals surface area contributed by atoms with Crippen molar-refractivity contribution in [1.29, 1.82) is 0 Å². The minimum absolute atomic E-state index is 0.784. The molecular formula is C12H19N5. The summed E-state index contributed by atoms with van der Waals surface area (Å²) in [5.74, 6) is 0. The average Bonchev–Trinajstić information content (AvgIpc) is 2.87. The van der Waals surface area contributed by atoms with Crippen molar-refractivity contribution >= 4 is 5.69 Å². The quantitative estimate of drug-likeness (QED) is 0.858. The molecular weight excluding hydrogens is 214 g/mol. The van der Waals surface area contributed by atoms with Gasteiger partial charge < -0.3 is 5.32 Å². The van der Waals surface area contributed by atoms with Crippen LogP contribution in [-0.4, -0.2) is 19.6 Å². The molecule has 2 aromatic heterocycles. The summed E-state index contributed by atoms with van der Waals surface area (Å²) in [5, 5.41) is 11.9. The molecule has 2 aromatic rings. The van der Waals surface area contributed by atoms with E-state index in [1.165, 1.54) is 5.69 Å². The van der Waals surface area contributed by atoms with E-state index in [4.69, 9.17) is 0 Å². The minimum Gasteiger partial charge on any atom is -0.377 e. The van der Waals surface area contributed by atoms with Gasteiger partial charge in [0.2, 0.25) is 0 Å². The number of hydrogen-bond acceptors (Lipinski definition) is 3. The van der Waals surface area contributed by atoms with Gasteiger partial charge in [0.25, 0.3) is 0 Å². The molecule has 0 aliphatic rings. The van der Waals surface area contributed by atoms with E-state index in [-0.39, 0.29) is 0 Å². The predicted octanol–water partition coefficient (Wildman–Crippen LogP) is 1.95. The lowest BCUT2D eigenvalue weighted by molar-refractivity contribution is 0.578. The lowest BCUT2D eigenvalue weighted by Crippen LogP contribution is -2.09. The van der Waals surface area contributed by atoms with Crippen molar-refractivity contribution in [3.63, 3.8) is 0 Å². The number of hydrogen-bond donors (Lipinski definition) is 1. The van der Waals surface area contributed by atoms with Gasteiger partial charge in [-0.2, -0.15) is 10.2 Å².